The molecule has 1 aromatic rings. The molecule has 0 amide bonds. The van der Waals surface area contributed by atoms with Crippen molar-refractivity contribution in [1.82, 2.24) is 20.4 Å². The Morgan fingerprint density at radius 2 is 2.33 bits per heavy atom. The molecule has 0 radical (unpaired) electrons. The molecule has 2 N–H and O–H groups in total. The lowest BCUT2D eigenvalue weighted by Gasteiger charge is -2.26. The van der Waals surface area contributed by atoms with E-state index in [1.807, 2.05) is 17.9 Å². The monoisotopic (exact) mass is 248 g/mol. The fraction of sp³-hybridized carbons (Fsp3) is 0.786. The summed E-state index contributed by atoms with van der Waals surface area (Å²) in [5.41, 5.74) is 1.28. The summed E-state index contributed by atoms with van der Waals surface area (Å²) in [5, 5.41) is 11.6. The second kappa shape index (κ2) is 5.41. The predicted molar refractivity (Wildman–Crippen MR) is 72.2 cm³/mol. The Morgan fingerprint density at radius 3 is 3.06 bits per heavy atom. The van der Waals surface area contributed by atoms with E-state index in [9.17, 15) is 0 Å². The minimum absolute atomic E-state index is 0.690. The molecule has 0 bridgehead atoms. The summed E-state index contributed by atoms with van der Waals surface area (Å²) in [6.07, 6.45) is 8.71. The molecule has 0 spiro atoms. The third-order valence-corrected chi connectivity index (χ3v) is 4.65. The van der Waals surface area contributed by atoms with E-state index >= 15 is 0 Å². The molecule has 3 atom stereocenters. The van der Waals surface area contributed by atoms with E-state index in [0.29, 0.717) is 6.04 Å². The quantitative estimate of drug-likeness (QED) is 0.847. The molecule has 3 unspecified atom stereocenters. The van der Waals surface area contributed by atoms with Gasteiger partial charge in [0.15, 0.2) is 0 Å². The molecule has 2 fully saturated rings. The Hall–Kier alpha value is -0.870. The molecule has 1 aromatic heterocycles. The number of nitrogens with zero attached hydrogens (tertiary/aromatic N) is 2. The van der Waals surface area contributed by atoms with Gasteiger partial charge >= 0.3 is 0 Å². The maximum Gasteiger partial charge on any atom is 0.0518 e. The highest BCUT2D eigenvalue weighted by Gasteiger charge is 2.34. The van der Waals surface area contributed by atoms with Gasteiger partial charge in [0.1, 0.15) is 0 Å². The van der Waals surface area contributed by atoms with Gasteiger partial charge in [-0.2, -0.15) is 5.10 Å². The summed E-state index contributed by atoms with van der Waals surface area (Å²) in [6, 6.07) is 3.55. The molecule has 4 heteroatoms. The molecule has 2 heterocycles. The molecule has 100 valence electrons. The first-order valence-electron chi connectivity index (χ1n) is 7.28. The van der Waals surface area contributed by atoms with Crippen LogP contribution in [0, 0.1) is 5.92 Å². The van der Waals surface area contributed by atoms with Gasteiger partial charge < -0.3 is 10.6 Å². The number of hydrogen-bond donors (Lipinski definition) is 2. The van der Waals surface area contributed by atoms with Crippen molar-refractivity contribution in [2.24, 2.45) is 13.0 Å². The summed E-state index contributed by atoms with van der Waals surface area (Å²) in [6.45, 7) is 2.17. The van der Waals surface area contributed by atoms with Gasteiger partial charge in [0.25, 0.3) is 0 Å². The van der Waals surface area contributed by atoms with Gasteiger partial charge in [-0.15, -0.1) is 0 Å². The maximum atomic E-state index is 4.22. The second-order valence-electron chi connectivity index (χ2n) is 5.73. The summed E-state index contributed by atoms with van der Waals surface area (Å²) in [4.78, 5) is 0. The van der Waals surface area contributed by atoms with Crippen LogP contribution in [0.5, 0.6) is 0 Å². The van der Waals surface area contributed by atoms with E-state index in [0.717, 1.165) is 18.5 Å². The summed E-state index contributed by atoms with van der Waals surface area (Å²) in [5.74, 6) is 0.834. The van der Waals surface area contributed by atoms with Crippen LogP contribution in [0.4, 0.5) is 0 Å². The molecule has 3 rings (SSSR count). The summed E-state index contributed by atoms with van der Waals surface area (Å²) < 4.78 is 1.96. The highest BCUT2D eigenvalue weighted by atomic mass is 15.3. The van der Waals surface area contributed by atoms with Crippen LogP contribution in [-0.2, 0) is 13.6 Å². The van der Waals surface area contributed by atoms with Crippen LogP contribution in [-0.4, -0.2) is 28.4 Å². The predicted octanol–water partition coefficient (Wildman–Crippen LogP) is 1.43. The van der Waals surface area contributed by atoms with Crippen molar-refractivity contribution in [3.8, 4) is 0 Å². The van der Waals surface area contributed by atoms with Crippen LogP contribution in [0.25, 0.3) is 0 Å². The second-order valence-corrected chi connectivity index (χ2v) is 5.73. The van der Waals surface area contributed by atoms with Gasteiger partial charge in [-0.25, -0.2) is 0 Å². The van der Waals surface area contributed by atoms with E-state index in [-0.39, 0.29) is 0 Å². The van der Waals surface area contributed by atoms with Crippen molar-refractivity contribution in [2.75, 3.05) is 6.54 Å². The zero-order valence-electron chi connectivity index (χ0n) is 11.2. The lowest BCUT2D eigenvalue weighted by atomic mass is 9.93. The van der Waals surface area contributed by atoms with Crippen molar-refractivity contribution >= 4 is 0 Å². The normalized spacial score (nSPS) is 32.2. The van der Waals surface area contributed by atoms with Crippen molar-refractivity contribution in [3.63, 3.8) is 0 Å². The van der Waals surface area contributed by atoms with Gasteiger partial charge in [0.2, 0.25) is 0 Å². The Kier molecular flexibility index (Phi) is 3.66. The van der Waals surface area contributed by atoms with Gasteiger partial charge in [-0.3, -0.25) is 4.68 Å². The third kappa shape index (κ3) is 2.45. The minimum Gasteiger partial charge on any atom is -0.314 e. The number of hydrogen-bond acceptors (Lipinski definition) is 3. The van der Waals surface area contributed by atoms with Crippen LogP contribution in [0.1, 0.15) is 37.8 Å². The van der Waals surface area contributed by atoms with E-state index in [1.165, 1.54) is 44.3 Å². The molecule has 1 aliphatic heterocycles. The lowest BCUT2D eigenvalue weighted by Crippen LogP contribution is -2.42. The van der Waals surface area contributed by atoms with Crippen LogP contribution >= 0.6 is 0 Å². The van der Waals surface area contributed by atoms with Crippen molar-refractivity contribution in [3.05, 3.63) is 18.0 Å². The summed E-state index contributed by atoms with van der Waals surface area (Å²) >= 11 is 0. The molecule has 0 aromatic carbocycles. The minimum atomic E-state index is 0.690. The van der Waals surface area contributed by atoms with E-state index in [1.54, 1.807) is 0 Å². The number of rotatable bonds is 4. The first-order valence-corrected chi connectivity index (χ1v) is 7.28. The molecule has 2 aliphatic rings. The fourth-order valence-corrected chi connectivity index (χ4v) is 3.61. The third-order valence-electron chi connectivity index (χ3n) is 4.65. The average molecular weight is 248 g/mol. The van der Waals surface area contributed by atoms with Crippen molar-refractivity contribution in [1.29, 1.82) is 0 Å². The Morgan fingerprint density at radius 1 is 1.39 bits per heavy atom. The van der Waals surface area contributed by atoms with Crippen molar-refractivity contribution in [2.45, 2.75) is 50.7 Å². The number of aromatic nitrogens is 2. The van der Waals surface area contributed by atoms with Crippen LogP contribution < -0.4 is 10.6 Å². The van der Waals surface area contributed by atoms with E-state index < -0.39 is 0 Å². The van der Waals surface area contributed by atoms with E-state index in [2.05, 4.69) is 21.8 Å². The molecule has 1 aliphatic carbocycles. The first-order chi connectivity index (χ1) is 8.84. The molecule has 4 nitrogen and oxygen atoms in total. The molecule has 1 saturated heterocycles. The lowest BCUT2D eigenvalue weighted by molar-refractivity contribution is 0.318. The average Bonchev–Trinajstić information content (AvgIpc) is 3.07. The SMILES string of the molecule is Cn1nccc1CNC1CCCC1C1CCCN1. The van der Waals surface area contributed by atoms with Crippen LogP contribution in [0.15, 0.2) is 12.3 Å². The topological polar surface area (TPSA) is 41.9 Å². The Balaban J connectivity index is 1.56. The molecule has 18 heavy (non-hydrogen) atoms. The van der Waals surface area contributed by atoms with Gasteiger partial charge in [-0.05, 0) is 44.2 Å². The Labute approximate surface area is 109 Å². The Bertz CT molecular complexity index is 381. The highest BCUT2D eigenvalue weighted by Crippen LogP contribution is 2.32. The number of aryl methyl sites for hydroxylation is 1. The zero-order chi connectivity index (χ0) is 12.4. The van der Waals surface area contributed by atoms with Gasteiger partial charge in [-0.1, -0.05) is 6.42 Å². The van der Waals surface area contributed by atoms with Crippen LogP contribution in [0.3, 0.4) is 0 Å². The highest BCUT2D eigenvalue weighted by molar-refractivity contribution is 5.01. The standard InChI is InChI=1S/C14H24N4/c1-18-11(7-9-17-18)10-16-14-5-2-4-12(14)13-6-3-8-15-13/h7,9,12-16H,2-6,8,10H2,1H3. The van der Waals surface area contributed by atoms with E-state index in [4.69, 9.17) is 0 Å². The maximum absolute atomic E-state index is 4.22. The largest absolute Gasteiger partial charge is 0.314 e. The molecular formula is C14H24N4. The van der Waals surface area contributed by atoms with Gasteiger partial charge in [0.05, 0.1) is 5.69 Å². The van der Waals surface area contributed by atoms with Gasteiger partial charge in [0, 0.05) is 31.9 Å². The molecular weight excluding hydrogens is 224 g/mol. The summed E-state index contributed by atoms with van der Waals surface area (Å²) in [7, 11) is 2.02. The first kappa shape index (κ1) is 12.2. The number of nitrogens with one attached hydrogen (secondary N) is 2. The zero-order valence-corrected chi connectivity index (χ0v) is 11.2. The van der Waals surface area contributed by atoms with Crippen molar-refractivity contribution < 1.29 is 0 Å². The fourth-order valence-electron chi connectivity index (χ4n) is 3.61. The smallest absolute Gasteiger partial charge is 0.0518 e. The van der Waals surface area contributed by atoms with Crippen LogP contribution in [0.2, 0.25) is 0 Å². The molecule has 1 saturated carbocycles.